The number of nitrogens with zero attached hydrogens (tertiary/aromatic N) is 1. The van der Waals surface area contributed by atoms with Crippen molar-refractivity contribution in [3.05, 3.63) is 58.9 Å². The van der Waals surface area contributed by atoms with Gasteiger partial charge in [-0.25, -0.2) is 12.8 Å². The molecule has 0 aromatic heterocycles. The standard InChI is InChI=1S/C27H25F4N3O4S/c1-39(37,38)17-8-10-21(32)19(13-17)26(36)34-22-4-2-3-15(22)11-23(34)25(35)33-24(14-5-6-14)18-9-7-16(12-20(18)28)27(29,30)31/h7-10,12-15,22-24H,3,5-6,11,32H2,1H3,(H,33,35)/t15-,22-,23-,24-/m1/s1. The fraction of sp³-hybridized carbons (Fsp3) is 0.407. The van der Waals surface area contributed by atoms with Gasteiger partial charge in [0.05, 0.1) is 28.1 Å². The van der Waals surface area contributed by atoms with Crippen molar-refractivity contribution in [2.24, 2.45) is 11.8 Å². The number of carbonyl (C=O) groups excluding carboxylic acids is 2. The summed E-state index contributed by atoms with van der Waals surface area (Å²) in [5.41, 5.74) is 4.79. The Morgan fingerprint density at radius 1 is 1.15 bits per heavy atom. The molecule has 2 fully saturated rings. The zero-order valence-electron chi connectivity index (χ0n) is 20.8. The highest BCUT2D eigenvalue weighted by atomic mass is 32.2. The fourth-order valence-electron chi connectivity index (χ4n) is 5.30. The van der Waals surface area contributed by atoms with Crippen molar-refractivity contribution in [2.75, 3.05) is 12.0 Å². The maximum absolute atomic E-state index is 14.8. The molecule has 1 saturated heterocycles. The van der Waals surface area contributed by atoms with E-state index in [0.29, 0.717) is 25.3 Å². The topological polar surface area (TPSA) is 110 Å². The van der Waals surface area contributed by atoms with E-state index in [0.717, 1.165) is 18.4 Å². The number of nitrogens with one attached hydrogen (secondary N) is 1. The summed E-state index contributed by atoms with van der Waals surface area (Å²) in [5, 5.41) is 2.78. The van der Waals surface area contributed by atoms with Crippen molar-refractivity contribution in [2.45, 2.75) is 54.9 Å². The molecule has 1 heterocycles. The molecule has 2 amide bonds. The van der Waals surface area contributed by atoms with Gasteiger partial charge in [0.15, 0.2) is 9.84 Å². The van der Waals surface area contributed by atoms with Gasteiger partial charge in [-0.3, -0.25) is 9.59 Å². The molecule has 7 nitrogen and oxygen atoms in total. The van der Waals surface area contributed by atoms with E-state index in [1.807, 2.05) is 0 Å². The Kier molecular flexibility index (Phi) is 6.61. The molecule has 12 heteroatoms. The lowest BCUT2D eigenvalue weighted by Gasteiger charge is -2.30. The van der Waals surface area contributed by atoms with Gasteiger partial charge >= 0.3 is 6.18 Å². The first kappa shape index (κ1) is 27.0. The van der Waals surface area contributed by atoms with Crippen molar-refractivity contribution in [1.29, 1.82) is 0 Å². The molecule has 0 unspecified atom stereocenters. The molecular formula is C27H25F4N3O4S. The molecule has 2 aromatic rings. The highest BCUT2D eigenvalue weighted by molar-refractivity contribution is 7.90. The maximum atomic E-state index is 14.8. The van der Waals surface area contributed by atoms with Crippen LogP contribution in [-0.4, -0.2) is 43.5 Å². The second-order valence-corrected chi connectivity index (χ2v) is 12.3. The predicted molar refractivity (Wildman–Crippen MR) is 133 cm³/mol. The van der Waals surface area contributed by atoms with Crippen LogP contribution in [0, 0.1) is 29.5 Å². The molecule has 3 aliphatic rings. The molecule has 206 valence electrons. The zero-order chi connectivity index (χ0) is 28.3. The van der Waals surface area contributed by atoms with Crippen LogP contribution in [0.5, 0.6) is 0 Å². The molecule has 1 saturated carbocycles. The second kappa shape index (κ2) is 9.55. The van der Waals surface area contributed by atoms with Gasteiger partial charge in [0.2, 0.25) is 5.91 Å². The SMILES string of the molecule is CS(=O)(=O)c1ccc(N)c(C(=O)N2[C@@H](C(=O)N[C@@H](c3ccc(C(F)(F)F)cc3F)C3CC3)C[C@H]3CC#C[C@H]32)c1. The number of anilines is 1. The lowest BCUT2D eigenvalue weighted by Crippen LogP contribution is -2.49. The fourth-order valence-corrected chi connectivity index (χ4v) is 5.95. The molecular weight excluding hydrogens is 538 g/mol. The number of alkyl halides is 3. The van der Waals surface area contributed by atoms with Crippen molar-refractivity contribution in [1.82, 2.24) is 10.2 Å². The van der Waals surface area contributed by atoms with Crippen LogP contribution < -0.4 is 11.1 Å². The van der Waals surface area contributed by atoms with Crippen molar-refractivity contribution in [3.8, 4) is 11.8 Å². The highest BCUT2D eigenvalue weighted by Gasteiger charge is 2.49. The maximum Gasteiger partial charge on any atom is 0.416 e. The molecule has 2 aliphatic carbocycles. The molecule has 2 aromatic carbocycles. The number of rotatable bonds is 6. The minimum absolute atomic E-state index is 0.0312. The first-order valence-corrected chi connectivity index (χ1v) is 14.2. The van der Waals surface area contributed by atoms with Crippen LogP contribution in [0.4, 0.5) is 23.2 Å². The number of likely N-dealkylation sites (tertiary alicyclic amines) is 1. The number of sulfone groups is 1. The summed E-state index contributed by atoms with van der Waals surface area (Å²) in [6.07, 6.45) is -1.70. The van der Waals surface area contributed by atoms with E-state index >= 15 is 0 Å². The summed E-state index contributed by atoms with van der Waals surface area (Å²) in [7, 11) is -3.65. The number of carbonyl (C=O) groups is 2. The number of nitrogen functional groups attached to an aromatic ring is 1. The van der Waals surface area contributed by atoms with Gasteiger partial charge < -0.3 is 16.0 Å². The van der Waals surface area contributed by atoms with E-state index in [2.05, 4.69) is 17.2 Å². The number of hydrogen-bond donors (Lipinski definition) is 2. The molecule has 0 bridgehead atoms. The van der Waals surface area contributed by atoms with Gasteiger partial charge in [-0.1, -0.05) is 12.0 Å². The Labute approximate surface area is 222 Å². The number of fused-ring (bicyclic) bond motifs is 1. The predicted octanol–water partition coefficient (Wildman–Crippen LogP) is 3.70. The van der Waals surface area contributed by atoms with E-state index in [4.69, 9.17) is 5.73 Å². The van der Waals surface area contributed by atoms with Gasteiger partial charge in [-0.2, -0.15) is 13.2 Å². The van der Waals surface area contributed by atoms with Gasteiger partial charge in [-0.15, -0.1) is 5.92 Å². The van der Waals surface area contributed by atoms with Crippen molar-refractivity contribution < 1.29 is 35.6 Å². The van der Waals surface area contributed by atoms with Crippen LogP contribution in [0.25, 0.3) is 0 Å². The molecule has 0 spiro atoms. The van der Waals surface area contributed by atoms with Crippen molar-refractivity contribution in [3.63, 3.8) is 0 Å². The van der Waals surface area contributed by atoms with Crippen LogP contribution in [0.3, 0.4) is 0 Å². The summed E-state index contributed by atoms with van der Waals surface area (Å²) in [4.78, 5) is 28.5. The lowest BCUT2D eigenvalue weighted by molar-refractivity contribution is -0.137. The first-order valence-electron chi connectivity index (χ1n) is 12.3. The number of benzene rings is 2. The summed E-state index contributed by atoms with van der Waals surface area (Å²) >= 11 is 0. The Morgan fingerprint density at radius 2 is 1.87 bits per heavy atom. The third-order valence-electron chi connectivity index (χ3n) is 7.50. The summed E-state index contributed by atoms with van der Waals surface area (Å²) < 4.78 is 78.1. The number of amides is 2. The molecule has 4 atom stereocenters. The van der Waals surface area contributed by atoms with E-state index in [9.17, 15) is 35.6 Å². The number of hydrogen-bond acceptors (Lipinski definition) is 5. The van der Waals surface area contributed by atoms with Crippen LogP contribution in [0.1, 0.15) is 53.2 Å². The summed E-state index contributed by atoms with van der Waals surface area (Å²) in [5.74, 6) is 3.27. The molecule has 1 aliphatic heterocycles. The van der Waals surface area contributed by atoms with E-state index in [-0.39, 0.29) is 40.0 Å². The lowest BCUT2D eigenvalue weighted by atomic mass is 9.98. The summed E-state index contributed by atoms with van der Waals surface area (Å²) in [6.45, 7) is 0. The Hall–Kier alpha value is -3.59. The van der Waals surface area contributed by atoms with Crippen LogP contribution in [-0.2, 0) is 20.8 Å². The molecule has 39 heavy (non-hydrogen) atoms. The van der Waals surface area contributed by atoms with Crippen LogP contribution in [0.2, 0.25) is 0 Å². The Balaban J connectivity index is 1.45. The van der Waals surface area contributed by atoms with Crippen LogP contribution >= 0.6 is 0 Å². The molecule has 0 radical (unpaired) electrons. The average molecular weight is 564 g/mol. The first-order chi connectivity index (χ1) is 18.3. The smallest absolute Gasteiger partial charge is 0.398 e. The Bertz CT molecular complexity index is 1530. The van der Waals surface area contributed by atoms with Gasteiger partial charge in [0.1, 0.15) is 11.9 Å². The monoisotopic (exact) mass is 563 g/mol. The number of nitrogens with two attached hydrogens (primary N) is 1. The van der Waals surface area contributed by atoms with Gasteiger partial charge in [-0.05, 0) is 55.5 Å². The van der Waals surface area contributed by atoms with Gasteiger partial charge in [0, 0.05) is 29.8 Å². The highest BCUT2D eigenvalue weighted by Crippen LogP contribution is 2.44. The zero-order valence-corrected chi connectivity index (χ0v) is 21.6. The third-order valence-corrected chi connectivity index (χ3v) is 8.61. The van der Waals surface area contributed by atoms with E-state index in [1.54, 1.807) is 0 Å². The normalized spacial score (nSPS) is 23.1. The second-order valence-electron chi connectivity index (χ2n) is 10.3. The largest absolute Gasteiger partial charge is 0.416 e. The summed E-state index contributed by atoms with van der Waals surface area (Å²) in [6, 6.07) is 3.51. The van der Waals surface area contributed by atoms with E-state index in [1.165, 1.54) is 23.1 Å². The average Bonchev–Trinajstić information content (AvgIpc) is 3.48. The molecule has 5 rings (SSSR count). The minimum atomic E-state index is -4.71. The third kappa shape index (κ3) is 5.20. The van der Waals surface area contributed by atoms with E-state index < -0.39 is 57.3 Å². The van der Waals surface area contributed by atoms with Gasteiger partial charge in [0.25, 0.3) is 5.91 Å². The minimum Gasteiger partial charge on any atom is -0.398 e. The van der Waals surface area contributed by atoms with Crippen molar-refractivity contribution >= 4 is 27.3 Å². The van der Waals surface area contributed by atoms with Crippen LogP contribution in [0.15, 0.2) is 41.3 Å². The number of halogens is 4. The Morgan fingerprint density at radius 3 is 2.49 bits per heavy atom. The quantitative estimate of drug-likeness (QED) is 0.317. The molecule has 3 N–H and O–H groups in total.